The number of aryl methyl sites for hydroxylation is 3. The van der Waals surface area contributed by atoms with E-state index in [1.54, 1.807) is 11.7 Å². The number of hydrogen-bond donors (Lipinski definition) is 1. The first-order valence-electron chi connectivity index (χ1n) is 9.01. The highest BCUT2D eigenvalue weighted by Gasteiger charge is 2.41. The zero-order valence-electron chi connectivity index (χ0n) is 15.8. The zero-order valence-corrected chi connectivity index (χ0v) is 15.8. The van der Waals surface area contributed by atoms with Crippen molar-refractivity contribution >= 4 is 16.9 Å². The number of fused-ring (bicyclic) bond motifs is 1. The first kappa shape index (κ1) is 18.3. The summed E-state index contributed by atoms with van der Waals surface area (Å²) >= 11 is 0. The molecule has 1 aliphatic rings. The largest absolute Gasteiger partial charge is 0.466 e. The van der Waals surface area contributed by atoms with Gasteiger partial charge >= 0.3 is 0 Å². The molecule has 2 aromatic heterocycles. The summed E-state index contributed by atoms with van der Waals surface area (Å²) in [5, 5.41) is 7.90. The van der Waals surface area contributed by atoms with Crippen LogP contribution in [0.15, 0.2) is 24.3 Å². The van der Waals surface area contributed by atoms with Crippen molar-refractivity contribution in [3.8, 4) is 5.88 Å². The number of carbonyl (C=O) groups excluding carboxylic acids is 1. The van der Waals surface area contributed by atoms with E-state index in [0.717, 1.165) is 22.7 Å². The molecule has 146 valence electrons. The first-order valence-corrected chi connectivity index (χ1v) is 9.01. The van der Waals surface area contributed by atoms with Gasteiger partial charge in [-0.25, -0.2) is 18.4 Å². The number of hydrogen-bond acceptors (Lipinski definition) is 4. The summed E-state index contributed by atoms with van der Waals surface area (Å²) in [6.45, 7) is 3.65. The maximum absolute atomic E-state index is 13.8. The molecule has 4 rings (SSSR count). The highest BCUT2D eigenvalue weighted by atomic mass is 19.1. The smallest absolute Gasteiger partial charge is 0.258 e. The topological polar surface area (TPSA) is 69.0 Å². The molecule has 0 bridgehead atoms. The lowest BCUT2D eigenvalue weighted by Gasteiger charge is -2.07. The number of benzene rings is 1. The van der Waals surface area contributed by atoms with E-state index in [0.29, 0.717) is 23.5 Å². The van der Waals surface area contributed by atoms with Crippen molar-refractivity contribution in [1.82, 2.24) is 20.1 Å². The molecule has 1 aliphatic carbocycles. The van der Waals surface area contributed by atoms with E-state index in [1.807, 2.05) is 19.9 Å². The van der Waals surface area contributed by atoms with E-state index < -0.39 is 11.6 Å². The lowest BCUT2D eigenvalue weighted by Crippen LogP contribution is -2.31. The van der Waals surface area contributed by atoms with Crippen molar-refractivity contribution in [3.05, 3.63) is 52.7 Å². The third kappa shape index (κ3) is 3.42. The predicted octanol–water partition coefficient (Wildman–Crippen LogP) is 2.91. The molecule has 8 heteroatoms. The van der Waals surface area contributed by atoms with Crippen LogP contribution in [-0.2, 0) is 11.8 Å². The van der Waals surface area contributed by atoms with Gasteiger partial charge in [-0.1, -0.05) is 6.07 Å². The Hall–Kier alpha value is -3.03. The number of ether oxygens (including phenoxy) is 1. The van der Waals surface area contributed by atoms with Crippen LogP contribution in [-0.4, -0.2) is 33.3 Å². The molecule has 0 spiro atoms. The van der Waals surface area contributed by atoms with Crippen LogP contribution >= 0.6 is 0 Å². The minimum atomic E-state index is -0.613. The summed E-state index contributed by atoms with van der Waals surface area (Å²) in [5.74, 6) is -1.30. The van der Waals surface area contributed by atoms with E-state index in [4.69, 9.17) is 4.74 Å². The third-order valence-corrected chi connectivity index (χ3v) is 4.93. The molecule has 0 aliphatic heterocycles. The zero-order chi connectivity index (χ0) is 20.0. The number of pyridine rings is 1. The summed E-state index contributed by atoms with van der Waals surface area (Å²) in [5.41, 5.74) is 2.97. The number of nitrogens with zero attached hydrogens (tertiary/aromatic N) is 3. The van der Waals surface area contributed by atoms with Crippen molar-refractivity contribution in [2.75, 3.05) is 6.61 Å². The molecular weight excluding hydrogens is 366 g/mol. The molecule has 2 atom stereocenters. The lowest BCUT2D eigenvalue weighted by atomic mass is 10.1. The molecular formula is C20H20F2N4O2. The second kappa shape index (κ2) is 6.85. The molecule has 0 unspecified atom stereocenters. The Morgan fingerprint density at radius 1 is 1.32 bits per heavy atom. The molecule has 1 aromatic carbocycles. The molecule has 2 heterocycles. The number of rotatable bonds is 5. The number of carbonyl (C=O) groups is 1. The van der Waals surface area contributed by atoms with Gasteiger partial charge in [0.05, 0.1) is 5.39 Å². The molecule has 3 aromatic rings. The summed E-state index contributed by atoms with van der Waals surface area (Å²) in [7, 11) is 1.77. The standard InChI is InChI=1S/C20H20F2N4O2/c1-10-6-11(2)23-19-18(10)20(25-26(19)3)28-9-17(27)24-16-8-14(16)13-5-4-12(21)7-15(13)22/h4-7,14,16H,8-9H2,1-3H3,(H,24,27)/t14-,16-/m0/s1. The molecule has 1 fully saturated rings. The summed E-state index contributed by atoms with van der Waals surface area (Å²) in [4.78, 5) is 16.7. The molecule has 1 amide bonds. The predicted molar refractivity (Wildman–Crippen MR) is 99.1 cm³/mol. The highest BCUT2D eigenvalue weighted by Crippen LogP contribution is 2.42. The first-order chi connectivity index (χ1) is 13.3. The summed E-state index contributed by atoms with van der Waals surface area (Å²) in [6.07, 6.45) is 0.614. The molecule has 6 nitrogen and oxygen atoms in total. The molecule has 0 saturated heterocycles. The van der Waals surface area contributed by atoms with Gasteiger partial charge in [0.2, 0.25) is 5.88 Å². The van der Waals surface area contributed by atoms with Crippen LogP contribution in [0.2, 0.25) is 0 Å². The van der Waals surface area contributed by atoms with Crippen molar-refractivity contribution in [1.29, 1.82) is 0 Å². The monoisotopic (exact) mass is 386 g/mol. The minimum Gasteiger partial charge on any atom is -0.466 e. The molecule has 28 heavy (non-hydrogen) atoms. The Kier molecular flexibility index (Phi) is 4.49. The second-order valence-electron chi connectivity index (χ2n) is 7.18. The van der Waals surface area contributed by atoms with E-state index in [9.17, 15) is 13.6 Å². The SMILES string of the molecule is Cc1cc(C)c2c(OCC(=O)N[C@H]3C[C@H]3c3ccc(F)cc3F)nn(C)c2n1. The Balaban J connectivity index is 1.39. The van der Waals surface area contributed by atoms with Crippen LogP contribution in [0.5, 0.6) is 5.88 Å². The van der Waals surface area contributed by atoms with Gasteiger partial charge in [0.15, 0.2) is 12.3 Å². The second-order valence-corrected chi connectivity index (χ2v) is 7.18. The Morgan fingerprint density at radius 3 is 2.86 bits per heavy atom. The molecule has 1 N–H and O–H groups in total. The Labute approximate surface area is 160 Å². The van der Waals surface area contributed by atoms with Crippen LogP contribution < -0.4 is 10.1 Å². The Morgan fingerprint density at radius 2 is 2.11 bits per heavy atom. The average molecular weight is 386 g/mol. The van der Waals surface area contributed by atoms with Crippen LogP contribution in [0.25, 0.3) is 11.0 Å². The summed E-state index contributed by atoms with van der Waals surface area (Å²) < 4.78 is 34.1. The number of aromatic nitrogens is 3. The minimum absolute atomic E-state index is 0.144. The van der Waals surface area contributed by atoms with Gasteiger partial charge in [-0.2, -0.15) is 0 Å². The van der Waals surface area contributed by atoms with Gasteiger partial charge in [-0.05, 0) is 43.5 Å². The van der Waals surface area contributed by atoms with Crippen molar-refractivity contribution in [3.63, 3.8) is 0 Å². The van der Waals surface area contributed by atoms with Crippen LogP contribution in [0.1, 0.15) is 29.2 Å². The number of nitrogens with one attached hydrogen (secondary N) is 1. The van der Waals surface area contributed by atoms with Crippen molar-refractivity contribution < 1.29 is 18.3 Å². The average Bonchev–Trinajstić information content (AvgIpc) is 3.28. The maximum Gasteiger partial charge on any atom is 0.258 e. The van der Waals surface area contributed by atoms with Crippen LogP contribution in [0.3, 0.4) is 0 Å². The summed E-state index contributed by atoms with van der Waals surface area (Å²) in [6, 6.07) is 5.27. The number of amides is 1. The fourth-order valence-electron chi connectivity index (χ4n) is 3.53. The van der Waals surface area contributed by atoms with Gasteiger partial charge in [0.1, 0.15) is 11.6 Å². The lowest BCUT2D eigenvalue weighted by molar-refractivity contribution is -0.123. The third-order valence-electron chi connectivity index (χ3n) is 4.93. The Bertz CT molecular complexity index is 1080. The van der Waals surface area contributed by atoms with E-state index in [2.05, 4.69) is 15.4 Å². The van der Waals surface area contributed by atoms with Gasteiger partial charge in [0.25, 0.3) is 5.91 Å². The quantitative estimate of drug-likeness (QED) is 0.732. The van der Waals surface area contributed by atoms with Gasteiger partial charge in [0, 0.05) is 30.8 Å². The van der Waals surface area contributed by atoms with E-state index in [1.165, 1.54) is 12.1 Å². The van der Waals surface area contributed by atoms with Gasteiger partial charge < -0.3 is 10.1 Å². The molecule has 1 saturated carbocycles. The molecule has 0 radical (unpaired) electrons. The van der Waals surface area contributed by atoms with Crippen LogP contribution in [0, 0.1) is 25.5 Å². The van der Waals surface area contributed by atoms with E-state index >= 15 is 0 Å². The normalized spacial score (nSPS) is 18.3. The highest BCUT2D eigenvalue weighted by molar-refractivity contribution is 5.86. The fraction of sp³-hybridized carbons (Fsp3) is 0.350. The van der Waals surface area contributed by atoms with Gasteiger partial charge in [-0.3, -0.25) is 4.79 Å². The fourth-order valence-corrected chi connectivity index (χ4v) is 3.53. The van der Waals surface area contributed by atoms with Crippen molar-refractivity contribution in [2.24, 2.45) is 7.05 Å². The van der Waals surface area contributed by atoms with E-state index in [-0.39, 0.29) is 24.5 Å². The number of halogens is 2. The van der Waals surface area contributed by atoms with Crippen molar-refractivity contribution in [2.45, 2.75) is 32.2 Å². The maximum atomic E-state index is 13.8. The van der Waals surface area contributed by atoms with Gasteiger partial charge in [-0.15, -0.1) is 5.10 Å². The van der Waals surface area contributed by atoms with Crippen LogP contribution in [0.4, 0.5) is 8.78 Å².